The standard InChI is InChI=1S/C13H15NO3/c1-8-3-4-10-5-6-13(12(16)17,11(10)7-8)14-9(2)15/h3-4,7H,5-6H2,1-2H3,(H,14,15)(H,16,17). The summed E-state index contributed by atoms with van der Waals surface area (Å²) in [6.45, 7) is 3.26. The van der Waals surface area contributed by atoms with E-state index in [-0.39, 0.29) is 5.91 Å². The van der Waals surface area contributed by atoms with Crippen LogP contribution in [0.3, 0.4) is 0 Å². The Kier molecular flexibility index (Phi) is 2.65. The average Bonchev–Trinajstić information content (AvgIpc) is 2.57. The number of carboxylic acid groups (broad SMARTS) is 1. The minimum Gasteiger partial charge on any atom is -0.479 e. The first-order chi connectivity index (χ1) is 7.95. The number of hydrogen-bond donors (Lipinski definition) is 2. The Morgan fingerprint density at radius 3 is 2.71 bits per heavy atom. The molecule has 1 aromatic carbocycles. The molecule has 4 nitrogen and oxygen atoms in total. The van der Waals surface area contributed by atoms with Crippen molar-refractivity contribution in [3.63, 3.8) is 0 Å². The van der Waals surface area contributed by atoms with Gasteiger partial charge in [-0.25, -0.2) is 4.79 Å². The maximum atomic E-state index is 11.5. The molecule has 1 aliphatic carbocycles. The first kappa shape index (κ1) is 11.6. The molecule has 4 heteroatoms. The van der Waals surface area contributed by atoms with Gasteiger partial charge in [-0.15, -0.1) is 0 Å². The zero-order valence-electron chi connectivity index (χ0n) is 9.91. The van der Waals surface area contributed by atoms with Gasteiger partial charge in [0.05, 0.1) is 0 Å². The number of carboxylic acids is 1. The van der Waals surface area contributed by atoms with Crippen LogP contribution in [0.25, 0.3) is 0 Å². The first-order valence-electron chi connectivity index (χ1n) is 5.58. The van der Waals surface area contributed by atoms with Gasteiger partial charge in [-0.05, 0) is 30.9 Å². The lowest BCUT2D eigenvalue weighted by molar-refractivity contribution is -0.147. The molecule has 0 aromatic heterocycles. The van der Waals surface area contributed by atoms with E-state index in [2.05, 4.69) is 5.32 Å². The molecule has 2 N–H and O–H groups in total. The van der Waals surface area contributed by atoms with Crippen molar-refractivity contribution < 1.29 is 14.7 Å². The van der Waals surface area contributed by atoms with Gasteiger partial charge < -0.3 is 10.4 Å². The van der Waals surface area contributed by atoms with E-state index in [9.17, 15) is 14.7 Å². The Morgan fingerprint density at radius 2 is 2.12 bits per heavy atom. The van der Waals surface area contributed by atoms with Crippen LogP contribution in [-0.4, -0.2) is 17.0 Å². The summed E-state index contributed by atoms with van der Waals surface area (Å²) in [5, 5.41) is 12.0. The molecule has 1 aliphatic rings. The summed E-state index contributed by atoms with van der Waals surface area (Å²) in [7, 11) is 0. The zero-order chi connectivity index (χ0) is 12.6. The van der Waals surface area contributed by atoms with Crippen LogP contribution in [0.15, 0.2) is 18.2 Å². The fourth-order valence-electron chi connectivity index (χ4n) is 2.47. The molecule has 0 aliphatic heterocycles. The van der Waals surface area contributed by atoms with E-state index in [1.165, 1.54) is 6.92 Å². The van der Waals surface area contributed by atoms with Crippen LogP contribution in [-0.2, 0) is 21.5 Å². The van der Waals surface area contributed by atoms with E-state index >= 15 is 0 Å². The summed E-state index contributed by atoms with van der Waals surface area (Å²) in [5.74, 6) is -1.31. The molecule has 0 bridgehead atoms. The van der Waals surface area contributed by atoms with Crippen LogP contribution in [0, 0.1) is 6.92 Å². The van der Waals surface area contributed by atoms with E-state index in [0.29, 0.717) is 12.8 Å². The molecule has 1 amide bonds. The lowest BCUT2D eigenvalue weighted by Crippen LogP contribution is -2.49. The van der Waals surface area contributed by atoms with E-state index < -0.39 is 11.5 Å². The van der Waals surface area contributed by atoms with Crippen molar-refractivity contribution in [2.24, 2.45) is 0 Å². The number of aryl methyl sites for hydroxylation is 2. The van der Waals surface area contributed by atoms with Gasteiger partial charge in [-0.2, -0.15) is 0 Å². The maximum Gasteiger partial charge on any atom is 0.334 e. The van der Waals surface area contributed by atoms with Crippen molar-refractivity contribution in [3.05, 3.63) is 34.9 Å². The summed E-state index contributed by atoms with van der Waals surface area (Å²) < 4.78 is 0. The molecule has 17 heavy (non-hydrogen) atoms. The fourth-order valence-corrected chi connectivity index (χ4v) is 2.47. The summed E-state index contributed by atoms with van der Waals surface area (Å²) >= 11 is 0. The van der Waals surface area contributed by atoms with E-state index in [4.69, 9.17) is 0 Å². The second kappa shape index (κ2) is 3.87. The third-order valence-electron chi connectivity index (χ3n) is 3.25. The molecule has 0 radical (unpaired) electrons. The second-order valence-corrected chi connectivity index (χ2v) is 4.55. The monoisotopic (exact) mass is 233 g/mol. The number of carbonyl (C=O) groups is 2. The minimum absolute atomic E-state index is 0.318. The quantitative estimate of drug-likeness (QED) is 0.810. The van der Waals surface area contributed by atoms with Crippen molar-refractivity contribution >= 4 is 11.9 Å². The van der Waals surface area contributed by atoms with Crippen molar-refractivity contribution in [1.29, 1.82) is 0 Å². The molecular formula is C13H15NO3. The topological polar surface area (TPSA) is 66.4 Å². The fraction of sp³-hybridized carbons (Fsp3) is 0.385. The molecule has 90 valence electrons. The molecule has 0 heterocycles. The smallest absolute Gasteiger partial charge is 0.334 e. The Labute approximate surface area is 99.6 Å². The summed E-state index contributed by atoms with van der Waals surface area (Å²) in [6.07, 6.45) is 1.10. The van der Waals surface area contributed by atoms with Gasteiger partial charge in [-0.1, -0.05) is 23.8 Å². The highest BCUT2D eigenvalue weighted by molar-refractivity contribution is 5.88. The van der Waals surface area contributed by atoms with Crippen LogP contribution in [0.1, 0.15) is 30.0 Å². The predicted octanol–water partition coefficient (Wildman–Crippen LogP) is 1.36. The molecule has 0 saturated heterocycles. The van der Waals surface area contributed by atoms with Gasteiger partial charge in [-0.3, -0.25) is 4.79 Å². The SMILES string of the molecule is CC(=O)NC1(C(=O)O)CCc2ccc(C)cc21. The van der Waals surface area contributed by atoms with Gasteiger partial charge in [0.15, 0.2) is 5.54 Å². The highest BCUT2D eigenvalue weighted by Crippen LogP contribution is 2.37. The summed E-state index contributed by atoms with van der Waals surface area (Å²) in [6, 6.07) is 5.76. The lowest BCUT2D eigenvalue weighted by atomic mass is 9.90. The Bertz CT molecular complexity index is 495. The van der Waals surface area contributed by atoms with Gasteiger partial charge in [0.1, 0.15) is 0 Å². The molecule has 1 aromatic rings. The number of amides is 1. The third kappa shape index (κ3) is 1.79. The molecule has 2 rings (SSSR count). The van der Waals surface area contributed by atoms with Crippen LogP contribution in [0.4, 0.5) is 0 Å². The number of hydrogen-bond acceptors (Lipinski definition) is 2. The second-order valence-electron chi connectivity index (χ2n) is 4.55. The van der Waals surface area contributed by atoms with Gasteiger partial charge >= 0.3 is 5.97 Å². The van der Waals surface area contributed by atoms with Crippen molar-refractivity contribution in [2.45, 2.75) is 32.2 Å². The van der Waals surface area contributed by atoms with E-state index in [1.54, 1.807) is 0 Å². The maximum absolute atomic E-state index is 11.5. The highest BCUT2D eigenvalue weighted by Gasteiger charge is 2.46. The Morgan fingerprint density at radius 1 is 1.41 bits per heavy atom. The molecule has 0 saturated carbocycles. The number of carbonyl (C=O) groups excluding carboxylic acids is 1. The molecule has 0 fully saturated rings. The number of fused-ring (bicyclic) bond motifs is 1. The molecular weight excluding hydrogens is 218 g/mol. The summed E-state index contributed by atoms with van der Waals surface area (Å²) in [5.41, 5.74) is 1.49. The van der Waals surface area contributed by atoms with Gasteiger partial charge in [0, 0.05) is 6.92 Å². The van der Waals surface area contributed by atoms with Crippen LogP contribution >= 0.6 is 0 Å². The number of nitrogens with one attached hydrogen (secondary N) is 1. The number of aliphatic carboxylic acids is 1. The van der Waals surface area contributed by atoms with Crippen molar-refractivity contribution in [2.75, 3.05) is 0 Å². The van der Waals surface area contributed by atoms with Crippen molar-refractivity contribution in [1.82, 2.24) is 5.32 Å². The lowest BCUT2D eigenvalue weighted by Gasteiger charge is -2.26. The minimum atomic E-state index is -1.24. The predicted molar refractivity (Wildman–Crippen MR) is 62.6 cm³/mol. The molecule has 1 atom stereocenters. The Balaban J connectivity index is 2.55. The van der Waals surface area contributed by atoms with Gasteiger partial charge in [0.2, 0.25) is 5.91 Å². The number of rotatable bonds is 2. The number of benzene rings is 1. The Hall–Kier alpha value is -1.84. The van der Waals surface area contributed by atoms with Gasteiger partial charge in [0.25, 0.3) is 0 Å². The van der Waals surface area contributed by atoms with Crippen molar-refractivity contribution in [3.8, 4) is 0 Å². The van der Waals surface area contributed by atoms with E-state index in [1.807, 2.05) is 25.1 Å². The highest BCUT2D eigenvalue weighted by atomic mass is 16.4. The largest absolute Gasteiger partial charge is 0.479 e. The zero-order valence-corrected chi connectivity index (χ0v) is 9.91. The average molecular weight is 233 g/mol. The van der Waals surface area contributed by atoms with Crippen LogP contribution in [0.5, 0.6) is 0 Å². The van der Waals surface area contributed by atoms with Crippen LogP contribution in [0.2, 0.25) is 0 Å². The molecule has 1 unspecified atom stereocenters. The summed E-state index contributed by atoms with van der Waals surface area (Å²) in [4.78, 5) is 22.7. The van der Waals surface area contributed by atoms with E-state index in [0.717, 1.165) is 16.7 Å². The third-order valence-corrected chi connectivity index (χ3v) is 3.25. The first-order valence-corrected chi connectivity index (χ1v) is 5.58. The molecule has 0 spiro atoms. The van der Waals surface area contributed by atoms with Crippen LogP contribution < -0.4 is 5.32 Å². The normalized spacial score (nSPS) is 22.0.